The molecule has 51 heavy (non-hydrogen) atoms. The third kappa shape index (κ3) is 7.29. The normalized spacial score (nSPS) is 12.3. The Kier molecular flexibility index (Phi) is 10.4. The zero-order chi connectivity index (χ0) is 35.9. The maximum atomic E-state index is 13.3. The van der Waals surface area contributed by atoms with Gasteiger partial charge in [-0.3, -0.25) is 0 Å². The Bertz CT molecular complexity index is 2220. The van der Waals surface area contributed by atoms with Crippen LogP contribution in [0.15, 0.2) is 180 Å². The lowest BCUT2D eigenvalue weighted by Gasteiger charge is -2.37. The Morgan fingerprint density at radius 2 is 0.765 bits per heavy atom. The van der Waals surface area contributed by atoms with Crippen LogP contribution in [0.4, 0.5) is 0 Å². The highest BCUT2D eigenvalue weighted by Crippen LogP contribution is 2.47. The van der Waals surface area contributed by atoms with Crippen LogP contribution in [0, 0.1) is 0 Å². The molecule has 6 nitrogen and oxygen atoms in total. The molecule has 0 aliphatic rings. The molecule has 0 aromatic heterocycles. The predicted molar refractivity (Wildman–Crippen MR) is 203 cm³/mol. The van der Waals surface area contributed by atoms with Crippen LogP contribution in [0.5, 0.6) is 11.5 Å². The minimum absolute atomic E-state index is 0.0523. The van der Waals surface area contributed by atoms with Crippen molar-refractivity contribution in [3.63, 3.8) is 0 Å². The fourth-order valence-electron chi connectivity index (χ4n) is 6.22. The van der Waals surface area contributed by atoms with E-state index in [-0.39, 0.29) is 21.3 Å². The van der Waals surface area contributed by atoms with Crippen LogP contribution < -0.4 is 8.37 Å². The zero-order valence-corrected chi connectivity index (χ0v) is 29.7. The lowest BCUT2D eigenvalue weighted by molar-refractivity contribution is 0.483. The molecule has 0 atom stereocenters. The van der Waals surface area contributed by atoms with Crippen molar-refractivity contribution in [2.75, 3.05) is 0 Å². The van der Waals surface area contributed by atoms with Crippen LogP contribution in [0.1, 0.15) is 47.2 Å². The van der Waals surface area contributed by atoms with Gasteiger partial charge in [0.1, 0.15) is 21.3 Å². The first kappa shape index (κ1) is 35.1. The summed E-state index contributed by atoms with van der Waals surface area (Å²) in [4.78, 5) is 0.105. The van der Waals surface area contributed by atoms with E-state index >= 15 is 0 Å². The van der Waals surface area contributed by atoms with E-state index in [1.165, 1.54) is 24.3 Å². The van der Waals surface area contributed by atoms with Crippen LogP contribution in [0.3, 0.4) is 0 Å². The van der Waals surface area contributed by atoms with E-state index < -0.39 is 25.7 Å². The Morgan fingerprint density at radius 1 is 0.431 bits per heavy atom. The third-order valence-electron chi connectivity index (χ3n) is 8.45. The molecule has 0 radical (unpaired) electrons. The van der Waals surface area contributed by atoms with Crippen molar-refractivity contribution >= 4 is 32.4 Å². The summed E-state index contributed by atoms with van der Waals surface area (Å²) in [5.41, 5.74) is 3.70. The van der Waals surface area contributed by atoms with Crippen molar-refractivity contribution in [2.24, 2.45) is 0 Å². The summed E-state index contributed by atoms with van der Waals surface area (Å²) in [6.45, 7) is 3.71. The average Bonchev–Trinajstić information content (AvgIpc) is 3.15. The quantitative estimate of drug-likeness (QED) is 0.0928. The van der Waals surface area contributed by atoms with Gasteiger partial charge in [0.05, 0.1) is 5.41 Å². The highest BCUT2D eigenvalue weighted by atomic mass is 32.2. The topological polar surface area (TPSA) is 86.7 Å². The van der Waals surface area contributed by atoms with Crippen molar-refractivity contribution in [3.8, 4) is 11.5 Å². The van der Waals surface area contributed by atoms with Crippen LogP contribution in [-0.4, -0.2) is 16.8 Å². The van der Waals surface area contributed by atoms with Gasteiger partial charge in [-0.2, -0.15) is 16.8 Å². The average molecular weight is 713 g/mol. The van der Waals surface area contributed by atoms with E-state index in [1.807, 2.05) is 123 Å². The van der Waals surface area contributed by atoms with E-state index in [4.69, 9.17) is 8.37 Å². The number of benzene rings is 6. The van der Waals surface area contributed by atoms with Gasteiger partial charge >= 0.3 is 20.2 Å². The summed E-state index contributed by atoms with van der Waals surface area (Å²) in [5.74, 6) is 0.361. The molecular formula is C43H36O6S2. The van der Waals surface area contributed by atoms with E-state index in [1.54, 1.807) is 48.5 Å². The lowest BCUT2D eigenvalue weighted by atomic mass is 9.64. The predicted octanol–water partition coefficient (Wildman–Crippen LogP) is 9.67. The van der Waals surface area contributed by atoms with Gasteiger partial charge < -0.3 is 8.37 Å². The Hall–Kier alpha value is -5.70. The van der Waals surface area contributed by atoms with Crippen molar-refractivity contribution in [2.45, 2.75) is 29.1 Å². The van der Waals surface area contributed by atoms with Gasteiger partial charge in [-0.25, -0.2) is 0 Å². The summed E-state index contributed by atoms with van der Waals surface area (Å²) in [5, 5.41) is 0. The summed E-state index contributed by atoms with van der Waals surface area (Å²) >= 11 is 0. The van der Waals surface area contributed by atoms with E-state index in [0.29, 0.717) is 11.1 Å². The summed E-state index contributed by atoms with van der Waals surface area (Å²) < 4.78 is 64.8. The highest BCUT2D eigenvalue weighted by Gasteiger charge is 2.39. The molecule has 0 N–H and O–H groups in total. The number of allylic oxidation sites excluding steroid dienone is 2. The van der Waals surface area contributed by atoms with Crippen LogP contribution in [0.2, 0.25) is 0 Å². The molecule has 0 aliphatic carbocycles. The number of hydrogen-bond acceptors (Lipinski definition) is 6. The molecule has 0 fully saturated rings. The van der Waals surface area contributed by atoms with E-state index in [2.05, 4.69) is 0 Å². The molecule has 0 saturated heterocycles. The first-order valence-corrected chi connectivity index (χ1v) is 19.2. The standard InChI is InChI=1S/C43H36O6S2/c1-3-17-33-31-37(27-29-41(33)48-50(44,45)39-23-13-7-14-24-39)43(35-19-9-5-10-20-35,36-21-11-6-12-22-36)38-28-30-42(34(32-38)18-4-2)49-51(46,47)40-25-15-8-16-26-40/h3-32H,1-2H3. The molecule has 0 amide bonds. The molecule has 0 bridgehead atoms. The largest absolute Gasteiger partial charge is 0.378 e. The van der Waals surface area contributed by atoms with Crippen molar-refractivity contribution in [3.05, 3.63) is 203 Å². The van der Waals surface area contributed by atoms with Crippen molar-refractivity contribution in [1.29, 1.82) is 0 Å². The van der Waals surface area contributed by atoms with Gasteiger partial charge in [-0.05, 0) is 84.6 Å². The fraction of sp³-hybridized carbons (Fsp3) is 0.0698. The monoisotopic (exact) mass is 712 g/mol. The second-order valence-corrected chi connectivity index (χ2v) is 14.8. The molecule has 256 valence electrons. The molecule has 0 saturated carbocycles. The van der Waals surface area contributed by atoms with Gasteiger partial charge in [0.15, 0.2) is 0 Å². The van der Waals surface area contributed by atoms with E-state index in [9.17, 15) is 16.8 Å². The molecule has 0 heterocycles. The summed E-state index contributed by atoms with van der Waals surface area (Å²) in [6.07, 6.45) is 7.29. The van der Waals surface area contributed by atoms with Gasteiger partial charge in [0.25, 0.3) is 0 Å². The number of rotatable bonds is 12. The second kappa shape index (κ2) is 15.0. The minimum atomic E-state index is -4.12. The van der Waals surface area contributed by atoms with Crippen molar-refractivity contribution in [1.82, 2.24) is 0 Å². The van der Waals surface area contributed by atoms with Gasteiger partial charge in [-0.15, -0.1) is 0 Å². The number of hydrogen-bond donors (Lipinski definition) is 0. The van der Waals surface area contributed by atoms with Crippen LogP contribution >= 0.6 is 0 Å². The molecule has 0 aliphatic heterocycles. The van der Waals surface area contributed by atoms with Gasteiger partial charge in [-0.1, -0.05) is 133 Å². The SMILES string of the molecule is CC=Cc1cc(C(c2ccccc2)(c2ccccc2)c2ccc(OS(=O)(=O)c3ccccc3)c(C=CC)c2)ccc1OS(=O)(=O)c1ccccc1. The fourth-order valence-corrected chi connectivity index (χ4v) is 8.17. The minimum Gasteiger partial charge on any atom is -0.378 e. The molecule has 6 aromatic rings. The highest BCUT2D eigenvalue weighted by molar-refractivity contribution is 7.87. The smallest absolute Gasteiger partial charge is 0.339 e. The summed E-state index contributed by atoms with van der Waals surface area (Å²) in [6, 6.07) is 47.1. The second-order valence-electron chi connectivity index (χ2n) is 11.7. The molecule has 0 spiro atoms. The maximum absolute atomic E-state index is 13.3. The first-order chi connectivity index (χ1) is 24.7. The Labute approximate surface area is 300 Å². The third-order valence-corrected chi connectivity index (χ3v) is 11.0. The molecule has 8 heteroatoms. The van der Waals surface area contributed by atoms with Gasteiger partial charge in [0.2, 0.25) is 0 Å². The molecular weight excluding hydrogens is 677 g/mol. The first-order valence-electron chi connectivity index (χ1n) is 16.3. The lowest BCUT2D eigenvalue weighted by Crippen LogP contribution is -2.31. The van der Waals surface area contributed by atoms with Crippen LogP contribution in [0.25, 0.3) is 12.2 Å². The van der Waals surface area contributed by atoms with E-state index in [0.717, 1.165) is 22.3 Å². The molecule has 6 aromatic carbocycles. The summed E-state index contributed by atoms with van der Waals surface area (Å²) in [7, 11) is -8.23. The van der Waals surface area contributed by atoms with Crippen molar-refractivity contribution < 1.29 is 25.2 Å². The Balaban J connectivity index is 1.59. The zero-order valence-electron chi connectivity index (χ0n) is 28.1. The molecule has 6 rings (SSSR count). The van der Waals surface area contributed by atoms with Gasteiger partial charge in [0, 0.05) is 11.1 Å². The molecule has 0 unspecified atom stereocenters. The van der Waals surface area contributed by atoms with Crippen LogP contribution in [-0.2, 0) is 25.7 Å². The maximum Gasteiger partial charge on any atom is 0.339 e. The Morgan fingerprint density at radius 3 is 1.10 bits per heavy atom.